The van der Waals surface area contributed by atoms with Crippen LogP contribution in [0.15, 0.2) is 60.7 Å². The summed E-state index contributed by atoms with van der Waals surface area (Å²) in [6.45, 7) is 4.89. The molecule has 2 aromatic rings. The second kappa shape index (κ2) is 21.0. The topological polar surface area (TPSA) is 200 Å². The van der Waals surface area contributed by atoms with E-state index in [1.807, 2.05) is 74.5 Å². The van der Waals surface area contributed by atoms with Crippen molar-refractivity contribution in [2.24, 2.45) is 17.4 Å². The fourth-order valence-electron chi connectivity index (χ4n) is 6.05. The molecule has 1 heterocycles. The van der Waals surface area contributed by atoms with E-state index < -0.39 is 52.1 Å². The zero-order valence-corrected chi connectivity index (χ0v) is 31.8. The highest BCUT2D eigenvalue weighted by Gasteiger charge is 2.35. The molecule has 2 aromatic carbocycles. The van der Waals surface area contributed by atoms with Gasteiger partial charge in [0.1, 0.15) is 18.1 Å². The molecule has 7 N–H and O–H groups in total. The minimum atomic E-state index is -3.62. The van der Waals surface area contributed by atoms with Crippen LogP contribution in [-0.2, 0) is 42.2 Å². The van der Waals surface area contributed by atoms with Gasteiger partial charge in [0.25, 0.3) is 10.2 Å². The number of hydrogen-bond donors (Lipinski definition) is 5. The molecule has 288 valence electrons. The molecule has 4 amide bonds. The molecule has 0 aromatic heterocycles. The molecule has 15 heteroatoms. The van der Waals surface area contributed by atoms with E-state index in [4.69, 9.17) is 11.5 Å². The summed E-state index contributed by atoms with van der Waals surface area (Å²) < 4.78 is 27.7. The summed E-state index contributed by atoms with van der Waals surface area (Å²) in [4.78, 5) is 56.5. The Balaban J connectivity index is 1.76. The number of rotatable bonds is 20. The van der Waals surface area contributed by atoms with Crippen LogP contribution in [0, 0.1) is 5.92 Å². The Kier molecular flexibility index (Phi) is 17.1. The number of nitrogens with zero attached hydrogens (tertiary/aromatic N) is 3. The van der Waals surface area contributed by atoms with E-state index in [0.717, 1.165) is 15.4 Å². The first-order chi connectivity index (χ1) is 24.7. The molecule has 0 spiro atoms. The molecule has 0 saturated carbocycles. The third-order valence-electron chi connectivity index (χ3n) is 9.07. The monoisotopic (exact) mass is 742 g/mol. The minimum absolute atomic E-state index is 0.00539. The van der Waals surface area contributed by atoms with Crippen LogP contribution in [0.25, 0.3) is 0 Å². The normalized spacial score (nSPS) is 16.2. The van der Waals surface area contributed by atoms with Crippen molar-refractivity contribution in [3.05, 3.63) is 71.8 Å². The number of carbonyl (C=O) groups is 4. The van der Waals surface area contributed by atoms with E-state index >= 15 is 0 Å². The van der Waals surface area contributed by atoms with Crippen LogP contribution in [0.4, 0.5) is 0 Å². The molecule has 1 aliphatic rings. The number of carbonyl (C=O) groups excluding carboxylic acids is 4. The van der Waals surface area contributed by atoms with Gasteiger partial charge in [0.05, 0.1) is 6.04 Å². The van der Waals surface area contributed by atoms with Crippen LogP contribution >= 0.6 is 0 Å². The second-order valence-electron chi connectivity index (χ2n) is 13.9. The van der Waals surface area contributed by atoms with E-state index in [1.165, 1.54) is 18.4 Å². The summed E-state index contributed by atoms with van der Waals surface area (Å²) in [5.41, 5.74) is 13.9. The maximum atomic E-state index is 13.9. The van der Waals surface area contributed by atoms with Gasteiger partial charge in [-0.15, -0.1) is 0 Å². The van der Waals surface area contributed by atoms with Crippen molar-refractivity contribution in [2.75, 3.05) is 46.8 Å². The number of amides is 4. The summed E-state index contributed by atoms with van der Waals surface area (Å²) in [5.74, 6) is -1.84. The molecule has 1 aliphatic heterocycles. The second-order valence-corrected chi connectivity index (χ2v) is 16.1. The average molecular weight is 743 g/mol. The molecular formula is C37H58N8O6S. The molecule has 14 nitrogen and oxygen atoms in total. The van der Waals surface area contributed by atoms with Crippen LogP contribution in [0.3, 0.4) is 0 Å². The van der Waals surface area contributed by atoms with E-state index in [2.05, 4.69) is 16.0 Å². The van der Waals surface area contributed by atoms with Gasteiger partial charge in [-0.1, -0.05) is 74.5 Å². The van der Waals surface area contributed by atoms with Crippen LogP contribution in [0.1, 0.15) is 57.1 Å². The van der Waals surface area contributed by atoms with Gasteiger partial charge in [0.2, 0.25) is 23.6 Å². The van der Waals surface area contributed by atoms with Gasteiger partial charge in [-0.05, 0) is 68.5 Å². The molecule has 0 unspecified atom stereocenters. The van der Waals surface area contributed by atoms with Crippen LogP contribution in [0.5, 0.6) is 0 Å². The summed E-state index contributed by atoms with van der Waals surface area (Å²) in [7, 11) is -0.701. The van der Waals surface area contributed by atoms with E-state index in [0.29, 0.717) is 32.2 Å². The van der Waals surface area contributed by atoms with Gasteiger partial charge in [-0.2, -0.15) is 17.0 Å². The number of unbranched alkanes of at least 4 members (excludes halogenated alkanes) is 1. The van der Waals surface area contributed by atoms with Crippen molar-refractivity contribution in [1.82, 2.24) is 29.5 Å². The van der Waals surface area contributed by atoms with Crippen molar-refractivity contribution in [1.29, 1.82) is 0 Å². The standard InChI is InChI=1S/C37H58N8O6S/c1-27(2)25-33(36(48)41-32(17-11-12-20-38)37(49)44-21-23-45(24-22-44)52(50,51)43(3)4)42-35(47)31(19-18-28-13-7-5-8-14-28)40-34(46)30(39)26-29-15-9-6-10-16-29/h5-10,13-16,27,30-33H,11-12,17-26,38-39H2,1-4H3,(H,40,46)(H,41,48)(H,42,47)/t30-,31-,32-,33-/m1/s1. The average Bonchev–Trinajstić information content (AvgIpc) is 3.12. The highest BCUT2D eigenvalue weighted by molar-refractivity contribution is 7.86. The fraction of sp³-hybridized carbons (Fsp3) is 0.568. The fourth-order valence-corrected chi connectivity index (χ4v) is 7.14. The Hall–Kier alpha value is -3.89. The predicted octanol–water partition coefficient (Wildman–Crippen LogP) is 0.769. The molecular weight excluding hydrogens is 685 g/mol. The summed E-state index contributed by atoms with van der Waals surface area (Å²) in [5, 5.41) is 8.60. The molecule has 52 heavy (non-hydrogen) atoms. The van der Waals surface area contributed by atoms with Gasteiger partial charge in [0, 0.05) is 40.3 Å². The Bertz CT molecular complexity index is 1540. The minimum Gasteiger partial charge on any atom is -0.343 e. The van der Waals surface area contributed by atoms with Crippen LogP contribution in [0.2, 0.25) is 0 Å². The summed E-state index contributed by atoms with van der Waals surface area (Å²) >= 11 is 0. The van der Waals surface area contributed by atoms with Crippen LogP contribution in [-0.4, -0.2) is 117 Å². The highest BCUT2D eigenvalue weighted by Crippen LogP contribution is 2.15. The van der Waals surface area contributed by atoms with Crippen molar-refractivity contribution in [3.8, 4) is 0 Å². The Morgan fingerprint density at radius 3 is 1.85 bits per heavy atom. The Morgan fingerprint density at radius 2 is 1.29 bits per heavy atom. The van der Waals surface area contributed by atoms with Crippen LogP contribution < -0.4 is 27.4 Å². The lowest BCUT2D eigenvalue weighted by atomic mass is 9.99. The SMILES string of the molecule is CC(C)C[C@@H](NC(=O)[C@@H](CCc1ccccc1)NC(=O)[C@H](N)Cc1ccccc1)C(=O)N[C@H](CCCCN)C(=O)N1CCN(S(=O)(=O)N(C)C)CC1. The Labute approximate surface area is 309 Å². The smallest absolute Gasteiger partial charge is 0.281 e. The molecule has 4 atom stereocenters. The number of aryl methyl sites for hydroxylation is 1. The van der Waals surface area contributed by atoms with Gasteiger partial charge in [-0.3, -0.25) is 19.2 Å². The molecule has 0 radical (unpaired) electrons. The quantitative estimate of drug-likeness (QED) is 0.123. The van der Waals surface area contributed by atoms with E-state index in [9.17, 15) is 27.6 Å². The maximum Gasteiger partial charge on any atom is 0.281 e. The lowest BCUT2D eigenvalue weighted by Crippen LogP contribution is -2.60. The third kappa shape index (κ3) is 13.3. The Morgan fingerprint density at radius 1 is 0.750 bits per heavy atom. The zero-order chi connectivity index (χ0) is 38.3. The maximum absolute atomic E-state index is 13.9. The van der Waals surface area contributed by atoms with E-state index in [-0.39, 0.29) is 57.3 Å². The molecule has 3 rings (SSSR count). The van der Waals surface area contributed by atoms with Crippen molar-refractivity contribution in [2.45, 2.75) is 83.0 Å². The predicted molar refractivity (Wildman–Crippen MR) is 202 cm³/mol. The van der Waals surface area contributed by atoms with Gasteiger partial charge in [0.15, 0.2) is 0 Å². The van der Waals surface area contributed by atoms with Crippen molar-refractivity contribution >= 4 is 33.8 Å². The van der Waals surface area contributed by atoms with Gasteiger partial charge < -0.3 is 32.3 Å². The molecule has 1 saturated heterocycles. The van der Waals surface area contributed by atoms with Gasteiger partial charge >= 0.3 is 0 Å². The lowest BCUT2D eigenvalue weighted by molar-refractivity contribution is -0.139. The molecule has 0 bridgehead atoms. The number of nitrogens with two attached hydrogens (primary N) is 2. The first-order valence-corrected chi connectivity index (χ1v) is 19.5. The van der Waals surface area contributed by atoms with Crippen molar-refractivity contribution < 1.29 is 27.6 Å². The number of nitrogens with one attached hydrogen (secondary N) is 3. The first-order valence-electron chi connectivity index (χ1n) is 18.1. The zero-order valence-electron chi connectivity index (χ0n) is 31.0. The molecule has 0 aliphatic carbocycles. The summed E-state index contributed by atoms with van der Waals surface area (Å²) in [6, 6.07) is 15.2. The lowest BCUT2D eigenvalue weighted by Gasteiger charge is -2.37. The van der Waals surface area contributed by atoms with Gasteiger partial charge in [-0.25, -0.2) is 0 Å². The van der Waals surface area contributed by atoms with Crippen molar-refractivity contribution in [3.63, 3.8) is 0 Å². The number of hydrogen-bond acceptors (Lipinski definition) is 8. The number of benzene rings is 2. The summed E-state index contributed by atoms with van der Waals surface area (Å²) in [6.07, 6.45) is 2.90. The third-order valence-corrected chi connectivity index (χ3v) is 11.0. The first kappa shape index (κ1) is 42.5. The molecule has 1 fully saturated rings. The number of piperazine rings is 1. The van der Waals surface area contributed by atoms with E-state index in [1.54, 1.807) is 4.90 Å². The highest BCUT2D eigenvalue weighted by atomic mass is 32.2. The largest absolute Gasteiger partial charge is 0.343 e.